The van der Waals surface area contributed by atoms with Crippen LogP contribution < -0.4 is 0 Å². The predicted molar refractivity (Wildman–Crippen MR) is 86.8 cm³/mol. The van der Waals surface area contributed by atoms with E-state index >= 15 is 0 Å². The van der Waals surface area contributed by atoms with Crippen LogP contribution in [0.15, 0.2) is 24.3 Å². The summed E-state index contributed by atoms with van der Waals surface area (Å²) in [6.45, 7) is 1.73. The van der Waals surface area contributed by atoms with Gasteiger partial charge in [0.2, 0.25) is 0 Å². The minimum absolute atomic E-state index is 0.0989. The van der Waals surface area contributed by atoms with Gasteiger partial charge in [0, 0.05) is 29.4 Å². The summed E-state index contributed by atoms with van der Waals surface area (Å²) in [5, 5.41) is 0.615. The molecule has 0 aliphatic carbocycles. The van der Waals surface area contributed by atoms with Gasteiger partial charge in [0.1, 0.15) is 0 Å². The molecule has 1 aromatic rings. The summed E-state index contributed by atoms with van der Waals surface area (Å²) in [4.78, 5) is 16.9. The van der Waals surface area contributed by atoms with E-state index in [4.69, 9.17) is 11.6 Å². The number of nitrogens with zero attached hydrogens (tertiary/aromatic N) is 2. The summed E-state index contributed by atoms with van der Waals surface area (Å²) in [5.41, 5.74) is 0.688. The highest BCUT2D eigenvalue weighted by molar-refractivity contribution is 7.99. The molecule has 0 unspecified atom stereocenters. The smallest absolute Gasteiger partial charge is 0.254 e. The van der Waals surface area contributed by atoms with Gasteiger partial charge in [0.25, 0.3) is 5.91 Å². The molecular weight excluding hydrogens is 292 g/mol. The van der Waals surface area contributed by atoms with Crippen molar-refractivity contribution in [3.05, 3.63) is 34.9 Å². The Morgan fingerprint density at radius 1 is 1.50 bits per heavy atom. The fraction of sp³-hybridized carbons (Fsp3) is 0.533. The molecule has 5 heteroatoms. The summed E-state index contributed by atoms with van der Waals surface area (Å²) in [7, 11) is 4.11. The number of rotatable bonds is 3. The second-order valence-corrected chi connectivity index (χ2v) is 6.94. The zero-order valence-corrected chi connectivity index (χ0v) is 13.6. The topological polar surface area (TPSA) is 23.6 Å². The van der Waals surface area contributed by atoms with Crippen molar-refractivity contribution in [3.8, 4) is 0 Å². The van der Waals surface area contributed by atoms with Gasteiger partial charge < -0.3 is 9.80 Å². The number of hydrogen-bond acceptors (Lipinski definition) is 3. The molecule has 1 saturated heterocycles. The third-order valence-electron chi connectivity index (χ3n) is 3.35. The van der Waals surface area contributed by atoms with Crippen LogP contribution in [0.4, 0.5) is 0 Å². The second kappa shape index (κ2) is 7.34. The molecule has 1 atom stereocenters. The van der Waals surface area contributed by atoms with Crippen LogP contribution in [0.5, 0.6) is 0 Å². The molecule has 1 fully saturated rings. The fourth-order valence-electron chi connectivity index (χ4n) is 2.46. The molecule has 3 nitrogen and oxygen atoms in total. The lowest BCUT2D eigenvalue weighted by molar-refractivity contribution is 0.0675. The van der Waals surface area contributed by atoms with Gasteiger partial charge in [-0.05, 0) is 44.5 Å². The normalized spacial score (nSPS) is 20.0. The van der Waals surface area contributed by atoms with Crippen LogP contribution in [0, 0.1) is 0 Å². The van der Waals surface area contributed by atoms with Crippen molar-refractivity contribution in [3.63, 3.8) is 0 Å². The lowest BCUT2D eigenvalue weighted by Gasteiger charge is -2.31. The molecule has 1 heterocycles. The molecule has 0 spiro atoms. The minimum Gasteiger partial charge on any atom is -0.334 e. The van der Waals surface area contributed by atoms with Crippen LogP contribution in [-0.4, -0.2) is 60.4 Å². The Kier molecular flexibility index (Phi) is 5.75. The number of carbonyl (C=O) groups excluding carboxylic acids is 1. The molecule has 20 heavy (non-hydrogen) atoms. The number of carbonyl (C=O) groups is 1. The maximum Gasteiger partial charge on any atom is 0.254 e. The van der Waals surface area contributed by atoms with E-state index in [0.717, 1.165) is 31.0 Å². The molecule has 2 rings (SSSR count). The third-order valence-corrected chi connectivity index (χ3v) is 4.78. The molecule has 0 saturated carbocycles. The van der Waals surface area contributed by atoms with Crippen molar-refractivity contribution >= 4 is 29.3 Å². The molecule has 0 aromatic heterocycles. The lowest BCUT2D eigenvalue weighted by Crippen LogP contribution is -2.46. The van der Waals surface area contributed by atoms with Gasteiger partial charge >= 0.3 is 0 Å². The highest BCUT2D eigenvalue weighted by Gasteiger charge is 2.26. The van der Waals surface area contributed by atoms with E-state index in [2.05, 4.69) is 19.0 Å². The SMILES string of the molecule is CN(C)C[C@@H]1CSCCCN1C(=O)c1cccc(Cl)c1. The average Bonchev–Trinajstić information content (AvgIpc) is 2.63. The van der Waals surface area contributed by atoms with E-state index in [1.807, 2.05) is 28.8 Å². The maximum absolute atomic E-state index is 12.7. The van der Waals surface area contributed by atoms with E-state index in [9.17, 15) is 4.79 Å². The molecule has 0 bridgehead atoms. The van der Waals surface area contributed by atoms with Gasteiger partial charge in [0.05, 0.1) is 6.04 Å². The number of halogens is 1. The van der Waals surface area contributed by atoms with Crippen molar-refractivity contribution in [2.24, 2.45) is 0 Å². The van der Waals surface area contributed by atoms with E-state index < -0.39 is 0 Å². The van der Waals surface area contributed by atoms with E-state index in [1.165, 1.54) is 0 Å². The van der Waals surface area contributed by atoms with Crippen LogP contribution in [-0.2, 0) is 0 Å². The Bertz CT molecular complexity index is 467. The Balaban J connectivity index is 2.19. The fourth-order valence-corrected chi connectivity index (χ4v) is 3.70. The first-order valence-corrected chi connectivity index (χ1v) is 8.40. The largest absolute Gasteiger partial charge is 0.334 e. The second-order valence-electron chi connectivity index (χ2n) is 5.35. The highest BCUT2D eigenvalue weighted by atomic mass is 35.5. The van der Waals surface area contributed by atoms with Crippen molar-refractivity contribution in [2.45, 2.75) is 12.5 Å². The van der Waals surface area contributed by atoms with Gasteiger partial charge in [-0.25, -0.2) is 0 Å². The first-order chi connectivity index (χ1) is 9.58. The Morgan fingerprint density at radius 2 is 2.30 bits per heavy atom. The number of benzene rings is 1. The molecule has 1 aliphatic rings. The Hall–Kier alpha value is -0.710. The number of likely N-dealkylation sites (N-methyl/N-ethyl adjacent to an activating group) is 1. The van der Waals surface area contributed by atoms with Crippen molar-refractivity contribution < 1.29 is 4.79 Å². The van der Waals surface area contributed by atoms with Crippen LogP contribution in [0.3, 0.4) is 0 Å². The lowest BCUT2D eigenvalue weighted by atomic mass is 10.1. The van der Waals surface area contributed by atoms with Gasteiger partial charge in [-0.1, -0.05) is 17.7 Å². The van der Waals surface area contributed by atoms with E-state index in [0.29, 0.717) is 10.6 Å². The number of thioether (sulfide) groups is 1. The summed E-state index contributed by atoms with van der Waals surface area (Å²) >= 11 is 7.94. The van der Waals surface area contributed by atoms with Gasteiger partial charge in [0.15, 0.2) is 0 Å². The van der Waals surface area contributed by atoms with Gasteiger partial charge in [-0.2, -0.15) is 11.8 Å². The summed E-state index contributed by atoms with van der Waals surface area (Å²) in [6.07, 6.45) is 1.06. The standard InChI is InChI=1S/C15H21ClN2OS/c1-17(2)10-14-11-20-8-4-7-18(14)15(19)12-5-3-6-13(16)9-12/h3,5-6,9,14H,4,7-8,10-11H2,1-2H3/t14-/m1/s1. The van der Waals surface area contributed by atoms with E-state index in [1.54, 1.807) is 12.1 Å². The Morgan fingerprint density at radius 3 is 3.00 bits per heavy atom. The molecule has 1 aliphatic heterocycles. The highest BCUT2D eigenvalue weighted by Crippen LogP contribution is 2.20. The van der Waals surface area contributed by atoms with Crippen LogP contribution in [0.1, 0.15) is 16.8 Å². The molecule has 1 amide bonds. The van der Waals surface area contributed by atoms with Crippen molar-refractivity contribution in [1.82, 2.24) is 9.80 Å². The monoisotopic (exact) mass is 312 g/mol. The van der Waals surface area contributed by atoms with Crippen LogP contribution in [0.2, 0.25) is 5.02 Å². The molecule has 1 aromatic carbocycles. The predicted octanol–water partition coefficient (Wildman–Crippen LogP) is 2.85. The van der Waals surface area contributed by atoms with Crippen LogP contribution in [0.25, 0.3) is 0 Å². The van der Waals surface area contributed by atoms with Crippen molar-refractivity contribution in [1.29, 1.82) is 0 Å². The first kappa shape index (κ1) is 15.7. The van der Waals surface area contributed by atoms with E-state index in [-0.39, 0.29) is 11.9 Å². The molecule has 110 valence electrons. The molecule has 0 radical (unpaired) electrons. The quantitative estimate of drug-likeness (QED) is 0.857. The first-order valence-electron chi connectivity index (χ1n) is 6.87. The zero-order chi connectivity index (χ0) is 14.5. The molecule has 0 N–H and O–H groups in total. The third kappa shape index (κ3) is 4.14. The van der Waals surface area contributed by atoms with Gasteiger partial charge in [-0.3, -0.25) is 4.79 Å². The van der Waals surface area contributed by atoms with Gasteiger partial charge in [-0.15, -0.1) is 0 Å². The number of amides is 1. The van der Waals surface area contributed by atoms with Crippen LogP contribution >= 0.6 is 23.4 Å². The Labute approximate surface area is 130 Å². The summed E-state index contributed by atoms with van der Waals surface area (Å²) in [6, 6.07) is 7.51. The maximum atomic E-state index is 12.7. The minimum atomic E-state index is 0.0989. The average molecular weight is 313 g/mol. The molecular formula is C15H21ClN2OS. The van der Waals surface area contributed by atoms with Crippen molar-refractivity contribution in [2.75, 3.05) is 38.7 Å². The zero-order valence-electron chi connectivity index (χ0n) is 12.0. The summed E-state index contributed by atoms with van der Waals surface area (Å²) in [5.74, 6) is 2.23. The summed E-state index contributed by atoms with van der Waals surface area (Å²) < 4.78 is 0. The number of hydrogen-bond donors (Lipinski definition) is 0.